The van der Waals surface area contributed by atoms with E-state index in [1.54, 1.807) is 0 Å². The molecule has 1 aromatic heterocycles. The van der Waals surface area contributed by atoms with E-state index in [-0.39, 0.29) is 18.4 Å². The Morgan fingerprint density at radius 2 is 2.09 bits per heavy atom. The lowest BCUT2D eigenvalue weighted by Gasteiger charge is -2.15. The van der Waals surface area contributed by atoms with Crippen LogP contribution in [0.1, 0.15) is 34.1 Å². The minimum absolute atomic E-state index is 0.138. The van der Waals surface area contributed by atoms with Crippen LogP contribution in [0.2, 0.25) is 0 Å². The van der Waals surface area contributed by atoms with Crippen LogP contribution < -0.4 is 16.8 Å². The van der Waals surface area contributed by atoms with E-state index in [0.29, 0.717) is 23.0 Å². The number of carbonyl (C=O) groups is 1. The van der Waals surface area contributed by atoms with Crippen LogP contribution in [0, 0.1) is 0 Å². The van der Waals surface area contributed by atoms with Gasteiger partial charge in [0.15, 0.2) is 0 Å². The Hall–Kier alpha value is -1.87. The first-order valence-electron chi connectivity index (χ1n) is 7.29. The fraction of sp³-hybridized carbons (Fsp3) is 0.400. The molecule has 1 aromatic carbocycles. The van der Waals surface area contributed by atoms with Crippen LogP contribution >= 0.6 is 11.3 Å². The average Bonchev–Trinajstić information content (AvgIpc) is 2.94. The maximum Gasteiger partial charge on any atom is 0.217 e. The van der Waals surface area contributed by atoms with E-state index in [1.807, 2.05) is 24.3 Å². The second-order valence-electron chi connectivity index (χ2n) is 5.29. The van der Waals surface area contributed by atoms with E-state index in [2.05, 4.69) is 15.5 Å². The lowest BCUT2D eigenvalue weighted by molar-refractivity contribution is -0.119. The molecule has 23 heavy (non-hydrogen) atoms. The summed E-state index contributed by atoms with van der Waals surface area (Å²) in [5.74, 6) is -0.138. The minimum Gasteiger partial charge on any atom is -0.378 e. The Morgan fingerprint density at radius 1 is 1.35 bits per heavy atom. The first-order chi connectivity index (χ1) is 11.0. The van der Waals surface area contributed by atoms with Gasteiger partial charge in [0, 0.05) is 19.9 Å². The first kappa shape index (κ1) is 17.5. The van der Waals surface area contributed by atoms with Crippen molar-refractivity contribution in [2.75, 3.05) is 0 Å². The highest BCUT2D eigenvalue weighted by Gasteiger charge is 2.19. The molecule has 1 amide bonds. The molecule has 124 valence electrons. The van der Waals surface area contributed by atoms with Crippen molar-refractivity contribution in [1.29, 1.82) is 0 Å². The predicted molar refractivity (Wildman–Crippen MR) is 88.4 cm³/mol. The zero-order valence-corrected chi connectivity index (χ0v) is 13.7. The molecule has 0 saturated heterocycles. The van der Waals surface area contributed by atoms with Gasteiger partial charge in [0.2, 0.25) is 5.91 Å². The van der Waals surface area contributed by atoms with Crippen molar-refractivity contribution >= 4 is 17.2 Å². The van der Waals surface area contributed by atoms with Gasteiger partial charge in [0.1, 0.15) is 16.2 Å². The molecule has 2 aromatic rings. The molecule has 2 atom stereocenters. The standard InChI is InChI=1S/C15H21N5O2S/c1-9(21)18-12(6-10-3-2-4-11(5-10)8-16)15-20-19-14(23-15)7-13(17)22/h2-5,12-13,22H,6-8,16-17H2,1H3,(H,18,21)/t12-,13-/m0/s1. The number of hydrogen-bond acceptors (Lipinski definition) is 7. The Balaban J connectivity index is 2.19. The summed E-state index contributed by atoms with van der Waals surface area (Å²) < 4.78 is 0. The highest BCUT2D eigenvalue weighted by Crippen LogP contribution is 2.23. The number of carbonyl (C=O) groups excluding carboxylic acids is 1. The van der Waals surface area contributed by atoms with E-state index in [0.717, 1.165) is 11.1 Å². The number of aliphatic hydroxyl groups excluding tert-OH is 1. The van der Waals surface area contributed by atoms with Crippen molar-refractivity contribution in [3.05, 3.63) is 45.4 Å². The van der Waals surface area contributed by atoms with Gasteiger partial charge in [-0.3, -0.25) is 4.79 Å². The molecule has 7 nitrogen and oxygen atoms in total. The summed E-state index contributed by atoms with van der Waals surface area (Å²) in [6.45, 7) is 1.94. The monoisotopic (exact) mass is 335 g/mol. The van der Waals surface area contributed by atoms with Crippen LogP contribution in [-0.2, 0) is 24.2 Å². The normalized spacial score (nSPS) is 13.6. The quantitative estimate of drug-likeness (QED) is 0.537. The first-order valence-corrected chi connectivity index (χ1v) is 8.10. The number of hydrogen-bond donors (Lipinski definition) is 4. The Labute approximate surface area is 138 Å². The number of benzene rings is 1. The average molecular weight is 335 g/mol. The second kappa shape index (κ2) is 8.11. The summed E-state index contributed by atoms with van der Waals surface area (Å²) in [6, 6.07) is 7.63. The Kier molecular flexibility index (Phi) is 6.17. The molecule has 1 heterocycles. The molecule has 6 N–H and O–H groups in total. The largest absolute Gasteiger partial charge is 0.378 e. The number of aliphatic hydroxyl groups is 1. The maximum absolute atomic E-state index is 11.5. The fourth-order valence-electron chi connectivity index (χ4n) is 2.23. The topological polar surface area (TPSA) is 127 Å². The van der Waals surface area contributed by atoms with E-state index in [9.17, 15) is 9.90 Å². The molecular formula is C15H21N5O2S. The predicted octanol–water partition coefficient (Wildman–Crippen LogP) is 0.236. The van der Waals surface area contributed by atoms with Crippen LogP contribution in [0.5, 0.6) is 0 Å². The number of aromatic nitrogens is 2. The van der Waals surface area contributed by atoms with Gasteiger partial charge in [-0.05, 0) is 17.5 Å². The van der Waals surface area contributed by atoms with E-state index in [4.69, 9.17) is 11.5 Å². The molecule has 0 aliphatic heterocycles. The van der Waals surface area contributed by atoms with Gasteiger partial charge >= 0.3 is 0 Å². The molecule has 0 saturated carbocycles. The fourth-order valence-corrected chi connectivity index (χ4v) is 3.18. The van der Waals surface area contributed by atoms with Crippen molar-refractivity contribution in [2.45, 2.75) is 38.6 Å². The number of amides is 1. The number of nitrogens with one attached hydrogen (secondary N) is 1. The summed E-state index contributed by atoms with van der Waals surface area (Å²) in [4.78, 5) is 11.5. The lowest BCUT2D eigenvalue weighted by atomic mass is 10.0. The van der Waals surface area contributed by atoms with Gasteiger partial charge in [-0.15, -0.1) is 10.2 Å². The van der Waals surface area contributed by atoms with Crippen molar-refractivity contribution in [2.24, 2.45) is 11.5 Å². The summed E-state index contributed by atoms with van der Waals surface area (Å²) in [5.41, 5.74) is 13.1. The van der Waals surface area contributed by atoms with Crippen molar-refractivity contribution in [3.63, 3.8) is 0 Å². The van der Waals surface area contributed by atoms with E-state index < -0.39 is 6.23 Å². The third-order valence-corrected chi connectivity index (χ3v) is 4.27. The summed E-state index contributed by atoms with van der Waals surface area (Å²) in [7, 11) is 0. The molecule has 0 unspecified atom stereocenters. The molecule has 8 heteroatoms. The molecule has 0 bridgehead atoms. The second-order valence-corrected chi connectivity index (χ2v) is 6.38. The summed E-state index contributed by atoms with van der Waals surface area (Å²) in [6.07, 6.45) is -0.128. The van der Waals surface area contributed by atoms with Gasteiger partial charge in [0.05, 0.1) is 6.04 Å². The van der Waals surface area contributed by atoms with E-state index >= 15 is 0 Å². The van der Waals surface area contributed by atoms with Gasteiger partial charge in [-0.1, -0.05) is 35.6 Å². The molecule has 0 fully saturated rings. The molecule has 2 rings (SSSR count). The smallest absolute Gasteiger partial charge is 0.217 e. The maximum atomic E-state index is 11.5. The summed E-state index contributed by atoms with van der Waals surface area (Å²) in [5, 5.41) is 21.6. The Morgan fingerprint density at radius 3 is 2.74 bits per heavy atom. The molecule has 0 aliphatic rings. The van der Waals surface area contributed by atoms with Crippen LogP contribution in [0.4, 0.5) is 0 Å². The summed E-state index contributed by atoms with van der Waals surface area (Å²) >= 11 is 1.34. The van der Waals surface area contributed by atoms with Crippen LogP contribution in [0.3, 0.4) is 0 Å². The molecule has 0 spiro atoms. The third kappa shape index (κ3) is 5.36. The van der Waals surface area contributed by atoms with Crippen LogP contribution in [-0.4, -0.2) is 27.4 Å². The molecular weight excluding hydrogens is 314 g/mol. The molecule has 0 aliphatic carbocycles. The highest BCUT2D eigenvalue weighted by molar-refractivity contribution is 7.11. The SMILES string of the molecule is CC(=O)N[C@@H](Cc1cccc(CN)c1)c1nnc(C[C@@H](N)O)s1. The van der Waals surface area contributed by atoms with E-state index in [1.165, 1.54) is 18.3 Å². The van der Waals surface area contributed by atoms with Gasteiger partial charge in [-0.25, -0.2) is 0 Å². The van der Waals surface area contributed by atoms with Crippen molar-refractivity contribution in [1.82, 2.24) is 15.5 Å². The van der Waals surface area contributed by atoms with Gasteiger partial charge < -0.3 is 21.9 Å². The number of nitrogens with zero attached hydrogens (tertiary/aromatic N) is 2. The minimum atomic E-state index is -0.962. The zero-order valence-electron chi connectivity index (χ0n) is 12.9. The van der Waals surface area contributed by atoms with Crippen molar-refractivity contribution in [3.8, 4) is 0 Å². The highest BCUT2D eigenvalue weighted by atomic mass is 32.1. The Bertz CT molecular complexity index is 659. The lowest BCUT2D eigenvalue weighted by Crippen LogP contribution is -2.27. The zero-order chi connectivity index (χ0) is 16.8. The number of nitrogens with two attached hydrogens (primary N) is 2. The van der Waals surface area contributed by atoms with Crippen LogP contribution in [0.15, 0.2) is 24.3 Å². The van der Waals surface area contributed by atoms with Crippen molar-refractivity contribution < 1.29 is 9.90 Å². The third-order valence-electron chi connectivity index (χ3n) is 3.21. The number of rotatable bonds is 7. The van der Waals surface area contributed by atoms with Gasteiger partial charge in [0.25, 0.3) is 0 Å². The molecule has 0 radical (unpaired) electrons. The van der Waals surface area contributed by atoms with Crippen LogP contribution in [0.25, 0.3) is 0 Å². The van der Waals surface area contributed by atoms with Gasteiger partial charge in [-0.2, -0.15) is 0 Å².